The molecule has 0 bridgehead atoms. The predicted molar refractivity (Wildman–Crippen MR) is 105 cm³/mol. The zero-order valence-corrected chi connectivity index (χ0v) is 15.9. The Labute approximate surface area is 161 Å². The summed E-state index contributed by atoms with van der Waals surface area (Å²) in [6, 6.07) is 2.23. The van der Waals surface area contributed by atoms with Crippen LogP contribution in [0.4, 0.5) is 11.6 Å². The van der Waals surface area contributed by atoms with Gasteiger partial charge in [0, 0.05) is 6.20 Å². The van der Waals surface area contributed by atoms with Crippen LogP contribution in [0.5, 0.6) is 0 Å². The van der Waals surface area contributed by atoms with Crippen LogP contribution in [0, 0.1) is 13.8 Å². The van der Waals surface area contributed by atoms with Gasteiger partial charge in [-0.25, -0.2) is 19.2 Å². The van der Waals surface area contributed by atoms with Crippen LogP contribution in [0.1, 0.15) is 43.0 Å². The topological polar surface area (TPSA) is 106 Å². The summed E-state index contributed by atoms with van der Waals surface area (Å²) in [6.45, 7) is 3.99. The van der Waals surface area contributed by atoms with E-state index in [-0.39, 0.29) is 12.1 Å². The SMILES string of the molecule is Cc1cc2ncnn2cc1Nc1ncc2c(C)nn(C3CCC(O)CC3)c2n1. The number of pyridine rings is 1. The minimum atomic E-state index is -0.194. The van der Waals surface area contributed by atoms with Crippen LogP contribution >= 0.6 is 0 Å². The van der Waals surface area contributed by atoms with Gasteiger partial charge in [0.1, 0.15) is 6.33 Å². The fourth-order valence-electron chi connectivity index (χ4n) is 3.89. The number of aliphatic hydroxyl groups is 1. The second-order valence-electron chi connectivity index (χ2n) is 7.48. The molecule has 0 unspecified atom stereocenters. The van der Waals surface area contributed by atoms with Gasteiger partial charge in [0.15, 0.2) is 11.3 Å². The summed E-state index contributed by atoms with van der Waals surface area (Å²) in [6.07, 6.45) is 8.47. The molecule has 0 saturated heterocycles. The molecule has 1 saturated carbocycles. The van der Waals surface area contributed by atoms with Gasteiger partial charge in [-0.1, -0.05) is 0 Å². The normalized spacial score (nSPS) is 20.1. The minimum absolute atomic E-state index is 0.194. The van der Waals surface area contributed by atoms with E-state index in [1.54, 1.807) is 4.52 Å². The van der Waals surface area contributed by atoms with Gasteiger partial charge in [0.2, 0.25) is 5.95 Å². The molecule has 9 heteroatoms. The third kappa shape index (κ3) is 2.88. The summed E-state index contributed by atoms with van der Waals surface area (Å²) in [5.74, 6) is 0.520. The zero-order valence-electron chi connectivity index (χ0n) is 15.9. The molecule has 28 heavy (non-hydrogen) atoms. The number of rotatable bonds is 3. The lowest BCUT2D eigenvalue weighted by Crippen LogP contribution is -2.22. The average molecular weight is 378 g/mol. The van der Waals surface area contributed by atoms with Crippen LogP contribution in [0.15, 0.2) is 24.8 Å². The van der Waals surface area contributed by atoms with E-state index < -0.39 is 0 Å². The lowest BCUT2D eigenvalue weighted by molar-refractivity contribution is 0.109. The van der Waals surface area contributed by atoms with Crippen LogP contribution < -0.4 is 5.32 Å². The lowest BCUT2D eigenvalue weighted by Gasteiger charge is -2.25. The third-order valence-corrected chi connectivity index (χ3v) is 5.51. The van der Waals surface area contributed by atoms with Gasteiger partial charge < -0.3 is 10.4 Å². The van der Waals surface area contributed by atoms with E-state index in [1.165, 1.54) is 6.33 Å². The van der Waals surface area contributed by atoms with Crippen LogP contribution in [0.3, 0.4) is 0 Å². The molecule has 0 spiro atoms. The number of aliphatic hydroxyl groups excluding tert-OH is 1. The van der Waals surface area contributed by atoms with Gasteiger partial charge in [0.05, 0.1) is 35.1 Å². The molecular formula is C19H22N8O. The summed E-state index contributed by atoms with van der Waals surface area (Å²) in [5.41, 5.74) is 4.47. The number of hydrogen-bond donors (Lipinski definition) is 2. The van der Waals surface area contributed by atoms with Crippen molar-refractivity contribution < 1.29 is 5.11 Å². The van der Waals surface area contributed by atoms with Gasteiger partial charge >= 0.3 is 0 Å². The third-order valence-electron chi connectivity index (χ3n) is 5.51. The van der Waals surface area contributed by atoms with Crippen molar-refractivity contribution in [1.82, 2.24) is 34.3 Å². The molecule has 1 aliphatic rings. The monoisotopic (exact) mass is 378 g/mol. The van der Waals surface area contributed by atoms with E-state index in [4.69, 9.17) is 10.1 Å². The smallest absolute Gasteiger partial charge is 0.229 e. The highest BCUT2D eigenvalue weighted by Crippen LogP contribution is 2.31. The molecule has 9 nitrogen and oxygen atoms in total. The minimum Gasteiger partial charge on any atom is -0.393 e. The molecule has 4 aromatic rings. The molecule has 4 heterocycles. The standard InChI is InChI=1S/C19H22N8O/c1-11-7-17-21-10-22-26(17)9-16(11)23-19-20-8-15-12(2)25-27(18(15)24-19)13-3-5-14(28)6-4-13/h7-10,13-14,28H,3-6H2,1-2H3,(H,20,23,24). The van der Waals surface area contributed by atoms with E-state index >= 15 is 0 Å². The van der Waals surface area contributed by atoms with Crippen molar-refractivity contribution in [1.29, 1.82) is 0 Å². The van der Waals surface area contributed by atoms with E-state index in [9.17, 15) is 5.11 Å². The summed E-state index contributed by atoms with van der Waals surface area (Å²) in [4.78, 5) is 13.4. The Bertz CT molecular complexity index is 1160. The fraction of sp³-hybridized carbons (Fsp3) is 0.421. The van der Waals surface area contributed by atoms with Gasteiger partial charge in [0.25, 0.3) is 0 Å². The Kier molecular flexibility index (Phi) is 3.97. The Hall–Kier alpha value is -3.07. The maximum absolute atomic E-state index is 9.81. The predicted octanol–water partition coefficient (Wildman–Crippen LogP) is 2.71. The number of hydrogen-bond acceptors (Lipinski definition) is 7. The Morgan fingerprint density at radius 2 is 1.96 bits per heavy atom. The van der Waals surface area contributed by atoms with E-state index in [1.807, 2.05) is 37.0 Å². The van der Waals surface area contributed by atoms with Gasteiger partial charge in [-0.05, 0) is 51.2 Å². The van der Waals surface area contributed by atoms with Crippen LogP contribution in [-0.4, -0.2) is 45.6 Å². The summed E-state index contributed by atoms with van der Waals surface area (Å²) >= 11 is 0. The maximum Gasteiger partial charge on any atom is 0.229 e. The maximum atomic E-state index is 9.81. The number of aromatic nitrogens is 7. The molecule has 0 amide bonds. The quantitative estimate of drug-likeness (QED) is 0.564. The van der Waals surface area contributed by atoms with Crippen LogP contribution in [0.25, 0.3) is 16.7 Å². The molecule has 0 aliphatic heterocycles. The molecule has 0 atom stereocenters. The number of fused-ring (bicyclic) bond motifs is 2. The highest BCUT2D eigenvalue weighted by Gasteiger charge is 2.24. The van der Waals surface area contributed by atoms with E-state index in [0.29, 0.717) is 5.95 Å². The number of anilines is 2. The first-order chi connectivity index (χ1) is 13.6. The van der Waals surface area contributed by atoms with Crippen molar-refractivity contribution in [2.75, 3.05) is 5.32 Å². The van der Waals surface area contributed by atoms with Crippen molar-refractivity contribution in [3.05, 3.63) is 36.0 Å². The molecule has 0 aromatic carbocycles. The van der Waals surface area contributed by atoms with Crippen molar-refractivity contribution in [3.63, 3.8) is 0 Å². The Morgan fingerprint density at radius 3 is 2.79 bits per heavy atom. The molecule has 2 N–H and O–H groups in total. The largest absolute Gasteiger partial charge is 0.393 e. The molecule has 4 aromatic heterocycles. The Balaban J connectivity index is 1.51. The van der Waals surface area contributed by atoms with Crippen molar-refractivity contribution in [3.8, 4) is 0 Å². The number of aryl methyl sites for hydroxylation is 2. The second-order valence-corrected chi connectivity index (χ2v) is 7.48. The molecule has 5 rings (SSSR count). The molecular weight excluding hydrogens is 356 g/mol. The highest BCUT2D eigenvalue weighted by molar-refractivity contribution is 5.79. The van der Waals surface area contributed by atoms with Crippen LogP contribution in [-0.2, 0) is 0 Å². The first kappa shape index (κ1) is 17.1. The van der Waals surface area contributed by atoms with Gasteiger partial charge in [-0.2, -0.15) is 15.2 Å². The molecule has 144 valence electrons. The average Bonchev–Trinajstić information content (AvgIpc) is 3.27. The molecule has 1 aliphatic carbocycles. The highest BCUT2D eigenvalue weighted by atomic mass is 16.3. The number of nitrogens with one attached hydrogen (secondary N) is 1. The second kappa shape index (κ2) is 6.52. The van der Waals surface area contributed by atoms with Crippen molar-refractivity contribution in [2.45, 2.75) is 51.7 Å². The van der Waals surface area contributed by atoms with Crippen molar-refractivity contribution >= 4 is 28.3 Å². The first-order valence-corrected chi connectivity index (χ1v) is 9.55. The molecule has 1 fully saturated rings. The Morgan fingerprint density at radius 1 is 1.14 bits per heavy atom. The number of nitrogens with zero attached hydrogens (tertiary/aromatic N) is 7. The fourth-order valence-corrected chi connectivity index (χ4v) is 3.89. The van der Waals surface area contributed by atoms with Crippen LogP contribution in [0.2, 0.25) is 0 Å². The van der Waals surface area contributed by atoms with E-state index in [0.717, 1.165) is 59.3 Å². The van der Waals surface area contributed by atoms with E-state index in [2.05, 4.69) is 20.4 Å². The first-order valence-electron chi connectivity index (χ1n) is 9.55. The lowest BCUT2D eigenvalue weighted by atomic mass is 9.93. The van der Waals surface area contributed by atoms with Crippen molar-refractivity contribution in [2.24, 2.45) is 0 Å². The summed E-state index contributed by atoms with van der Waals surface area (Å²) in [7, 11) is 0. The summed E-state index contributed by atoms with van der Waals surface area (Å²) < 4.78 is 3.73. The van der Waals surface area contributed by atoms with Gasteiger partial charge in [-0.3, -0.25) is 0 Å². The summed E-state index contributed by atoms with van der Waals surface area (Å²) in [5, 5.41) is 23.0. The molecule has 0 radical (unpaired) electrons. The van der Waals surface area contributed by atoms with Gasteiger partial charge in [-0.15, -0.1) is 0 Å². The zero-order chi connectivity index (χ0) is 19.3.